The minimum Gasteiger partial charge on any atom is -0.353 e. The highest BCUT2D eigenvalue weighted by molar-refractivity contribution is 7.99. The van der Waals surface area contributed by atoms with Gasteiger partial charge in [-0.3, -0.25) is 9.59 Å². The number of hydrogen-bond acceptors (Lipinski definition) is 6. The molecule has 1 saturated heterocycles. The summed E-state index contributed by atoms with van der Waals surface area (Å²) in [4.78, 5) is 37.7. The maximum Gasteiger partial charge on any atom is 0.230 e. The number of anilines is 1. The first-order chi connectivity index (χ1) is 14.8. The molecule has 2 aliphatic rings. The summed E-state index contributed by atoms with van der Waals surface area (Å²) in [6, 6.07) is 1.97. The van der Waals surface area contributed by atoms with Crippen LogP contribution in [0.5, 0.6) is 0 Å². The van der Waals surface area contributed by atoms with Gasteiger partial charge in [-0.1, -0.05) is 49.0 Å². The van der Waals surface area contributed by atoms with Gasteiger partial charge in [-0.25, -0.2) is 9.97 Å². The number of nitrogens with zero attached hydrogens (tertiary/aromatic N) is 4. The molecule has 0 aromatic carbocycles. The lowest BCUT2D eigenvalue weighted by atomic mass is 10.0. The van der Waals surface area contributed by atoms with Crippen molar-refractivity contribution in [1.82, 2.24) is 20.2 Å². The number of hydrogen-bond donors (Lipinski definition) is 1. The third-order valence-electron chi connectivity index (χ3n) is 5.96. The van der Waals surface area contributed by atoms with Crippen LogP contribution in [-0.4, -0.2) is 64.2 Å². The molecule has 3 rings (SSSR count). The fourth-order valence-corrected chi connectivity index (χ4v) is 5.30. The van der Waals surface area contributed by atoms with Crippen LogP contribution < -0.4 is 10.2 Å². The maximum atomic E-state index is 12.8. The van der Waals surface area contributed by atoms with Crippen molar-refractivity contribution in [3.05, 3.63) is 11.2 Å². The van der Waals surface area contributed by atoms with Gasteiger partial charge in [-0.15, -0.1) is 0 Å². The minimum atomic E-state index is -0.0523. The quantitative estimate of drug-likeness (QED) is 0.356. The van der Waals surface area contributed by atoms with Gasteiger partial charge in [0.15, 0.2) is 5.16 Å². The van der Waals surface area contributed by atoms with E-state index in [2.05, 4.69) is 27.1 Å². The first kappa shape index (κ1) is 24.1. The predicted molar refractivity (Wildman–Crippen MR) is 126 cm³/mol. The van der Waals surface area contributed by atoms with Gasteiger partial charge in [-0.05, 0) is 33.1 Å². The fourth-order valence-electron chi connectivity index (χ4n) is 4.41. The van der Waals surface area contributed by atoms with Crippen LogP contribution in [0, 0.1) is 5.92 Å². The Hall–Kier alpha value is -1.54. The molecule has 1 aliphatic heterocycles. The summed E-state index contributed by atoms with van der Waals surface area (Å²) in [7, 11) is 0. The Morgan fingerprint density at radius 1 is 1.26 bits per heavy atom. The number of thioether (sulfide) groups is 1. The SMILES string of the molecule is CC(C)NC(=O)CSc1nc(Cl)cc(N2CCN(C(=O)CCC3CCCC3)C(C)C2)n1. The van der Waals surface area contributed by atoms with E-state index >= 15 is 0 Å². The van der Waals surface area contributed by atoms with Crippen molar-refractivity contribution in [2.24, 2.45) is 5.92 Å². The third-order valence-corrected chi connectivity index (χ3v) is 7.00. The molecule has 2 amide bonds. The summed E-state index contributed by atoms with van der Waals surface area (Å²) in [6.45, 7) is 8.05. The van der Waals surface area contributed by atoms with E-state index in [1.54, 1.807) is 6.07 Å². The lowest BCUT2D eigenvalue weighted by Gasteiger charge is -2.40. The average Bonchev–Trinajstić information content (AvgIpc) is 3.23. The van der Waals surface area contributed by atoms with Gasteiger partial charge in [0.25, 0.3) is 0 Å². The summed E-state index contributed by atoms with van der Waals surface area (Å²) in [5.74, 6) is 1.95. The number of piperazine rings is 1. The van der Waals surface area contributed by atoms with Crippen molar-refractivity contribution in [3.63, 3.8) is 0 Å². The molecule has 1 atom stereocenters. The lowest BCUT2D eigenvalue weighted by molar-refractivity contribution is -0.134. The number of amides is 2. The Balaban J connectivity index is 1.54. The second kappa shape index (κ2) is 11.4. The maximum absolute atomic E-state index is 12.8. The zero-order valence-electron chi connectivity index (χ0n) is 18.8. The Labute approximate surface area is 194 Å². The number of halogens is 1. The first-order valence-electron chi connectivity index (χ1n) is 11.3. The highest BCUT2D eigenvalue weighted by atomic mass is 35.5. The first-order valence-corrected chi connectivity index (χ1v) is 12.7. The van der Waals surface area contributed by atoms with Gasteiger partial charge in [0.2, 0.25) is 11.8 Å². The van der Waals surface area contributed by atoms with Crippen LogP contribution in [0.4, 0.5) is 5.82 Å². The van der Waals surface area contributed by atoms with Crippen LogP contribution in [-0.2, 0) is 9.59 Å². The van der Waals surface area contributed by atoms with Crippen LogP contribution >= 0.6 is 23.4 Å². The summed E-state index contributed by atoms with van der Waals surface area (Å²) in [5, 5.41) is 3.71. The van der Waals surface area contributed by atoms with Crippen LogP contribution in [0.1, 0.15) is 59.3 Å². The number of carbonyl (C=O) groups is 2. The second-order valence-corrected chi connectivity index (χ2v) is 10.2. The van der Waals surface area contributed by atoms with E-state index in [1.165, 1.54) is 37.4 Å². The standard InChI is InChI=1S/C22H34ClN5O2S/c1-15(2)24-20(29)14-31-22-25-18(23)12-19(26-22)27-10-11-28(16(3)13-27)21(30)9-8-17-6-4-5-7-17/h12,15-17H,4-11,13-14H2,1-3H3,(H,24,29). The van der Waals surface area contributed by atoms with Gasteiger partial charge in [-0.2, -0.15) is 0 Å². The van der Waals surface area contributed by atoms with E-state index in [0.717, 1.165) is 18.2 Å². The van der Waals surface area contributed by atoms with Crippen molar-refractivity contribution < 1.29 is 9.59 Å². The smallest absolute Gasteiger partial charge is 0.230 e. The van der Waals surface area contributed by atoms with Gasteiger partial charge < -0.3 is 15.1 Å². The van der Waals surface area contributed by atoms with Crippen molar-refractivity contribution in [1.29, 1.82) is 0 Å². The van der Waals surface area contributed by atoms with Crippen molar-refractivity contribution in [3.8, 4) is 0 Å². The predicted octanol–water partition coefficient (Wildman–Crippen LogP) is 3.75. The van der Waals surface area contributed by atoms with Crippen LogP contribution in [0.3, 0.4) is 0 Å². The molecule has 2 heterocycles. The number of nitrogens with one attached hydrogen (secondary N) is 1. The molecule has 31 heavy (non-hydrogen) atoms. The largest absolute Gasteiger partial charge is 0.353 e. The second-order valence-electron chi connectivity index (χ2n) is 8.91. The molecular formula is C22H34ClN5O2S. The molecule has 0 radical (unpaired) electrons. The van der Waals surface area contributed by atoms with E-state index in [9.17, 15) is 9.59 Å². The normalized spacial score (nSPS) is 19.8. The topological polar surface area (TPSA) is 78.4 Å². The Kier molecular flexibility index (Phi) is 8.84. The average molecular weight is 468 g/mol. The van der Waals surface area contributed by atoms with Gasteiger partial charge in [0.1, 0.15) is 11.0 Å². The molecule has 0 bridgehead atoms. The van der Waals surface area contributed by atoms with Gasteiger partial charge in [0.05, 0.1) is 5.75 Å². The summed E-state index contributed by atoms with van der Waals surface area (Å²) in [6.07, 6.45) is 6.89. The van der Waals surface area contributed by atoms with E-state index in [0.29, 0.717) is 36.4 Å². The minimum absolute atomic E-state index is 0.0523. The van der Waals surface area contributed by atoms with Crippen molar-refractivity contribution in [2.45, 2.75) is 76.5 Å². The van der Waals surface area contributed by atoms with E-state index in [4.69, 9.17) is 11.6 Å². The van der Waals surface area contributed by atoms with Gasteiger partial charge in [0, 0.05) is 44.2 Å². The third kappa shape index (κ3) is 7.24. The zero-order valence-corrected chi connectivity index (χ0v) is 20.3. The molecule has 9 heteroatoms. The molecule has 1 aromatic rings. The van der Waals surface area contributed by atoms with Crippen LogP contribution in [0.25, 0.3) is 0 Å². The Morgan fingerprint density at radius 2 is 2.00 bits per heavy atom. The molecule has 1 unspecified atom stereocenters. The molecule has 172 valence electrons. The molecule has 0 spiro atoms. The number of carbonyl (C=O) groups excluding carboxylic acids is 2. The van der Waals surface area contributed by atoms with E-state index in [-0.39, 0.29) is 29.7 Å². The van der Waals surface area contributed by atoms with Gasteiger partial charge >= 0.3 is 0 Å². The zero-order chi connectivity index (χ0) is 22.4. The van der Waals surface area contributed by atoms with Crippen molar-refractivity contribution >= 4 is 41.0 Å². The molecule has 1 N–H and O–H groups in total. The van der Waals surface area contributed by atoms with E-state index in [1.807, 2.05) is 18.7 Å². The fraction of sp³-hybridized carbons (Fsp3) is 0.727. The summed E-state index contributed by atoms with van der Waals surface area (Å²) < 4.78 is 0. The number of rotatable bonds is 8. The molecule has 7 nitrogen and oxygen atoms in total. The highest BCUT2D eigenvalue weighted by Crippen LogP contribution is 2.29. The molecule has 2 fully saturated rings. The monoisotopic (exact) mass is 467 g/mol. The Morgan fingerprint density at radius 3 is 2.68 bits per heavy atom. The Bertz CT molecular complexity index is 772. The van der Waals surface area contributed by atoms with Crippen LogP contribution in [0.2, 0.25) is 5.15 Å². The lowest BCUT2D eigenvalue weighted by Crippen LogP contribution is -2.54. The molecule has 1 aliphatic carbocycles. The van der Waals surface area contributed by atoms with Crippen LogP contribution in [0.15, 0.2) is 11.2 Å². The van der Waals surface area contributed by atoms with Crippen molar-refractivity contribution in [2.75, 3.05) is 30.3 Å². The summed E-state index contributed by atoms with van der Waals surface area (Å²) in [5.41, 5.74) is 0. The number of aromatic nitrogens is 2. The molecule has 1 saturated carbocycles. The highest BCUT2D eigenvalue weighted by Gasteiger charge is 2.29. The van der Waals surface area contributed by atoms with E-state index < -0.39 is 0 Å². The molecule has 1 aromatic heterocycles. The summed E-state index contributed by atoms with van der Waals surface area (Å²) >= 11 is 7.51. The molecular weight excluding hydrogens is 434 g/mol.